The summed E-state index contributed by atoms with van der Waals surface area (Å²) in [5, 5.41) is 27.5. The molecule has 1 aliphatic rings. The highest BCUT2D eigenvalue weighted by Gasteiger charge is 2.26. The first kappa shape index (κ1) is 24.8. The fourth-order valence-corrected chi connectivity index (χ4v) is 3.06. The predicted molar refractivity (Wildman–Crippen MR) is 116 cm³/mol. The topological polar surface area (TPSA) is 114 Å². The van der Waals surface area contributed by atoms with Crippen molar-refractivity contribution in [1.82, 2.24) is 15.6 Å². The molecule has 0 radical (unpaired) electrons. The predicted octanol–water partition coefficient (Wildman–Crippen LogP) is 3.18. The number of hydrogen-bond acceptors (Lipinski definition) is 6. The van der Waals surface area contributed by atoms with Crippen LogP contribution < -0.4 is 10.7 Å². The number of halogens is 2. The summed E-state index contributed by atoms with van der Waals surface area (Å²) in [6.45, 7) is 3.98. The molecular weight excluding hydrogens is 422 g/mol. The second kappa shape index (κ2) is 11.8. The van der Waals surface area contributed by atoms with E-state index in [0.717, 1.165) is 18.7 Å². The number of amides is 2. The van der Waals surface area contributed by atoms with Crippen molar-refractivity contribution in [3.63, 3.8) is 0 Å². The summed E-state index contributed by atoms with van der Waals surface area (Å²) >= 11 is 0. The highest BCUT2D eigenvalue weighted by molar-refractivity contribution is 6.13. The molecular formula is C22H28F2N4O4. The summed E-state index contributed by atoms with van der Waals surface area (Å²) in [5.41, 5.74) is 2.26. The lowest BCUT2D eigenvalue weighted by molar-refractivity contribution is -0.128. The number of nitrogens with one attached hydrogen (secondary N) is 2. The van der Waals surface area contributed by atoms with Crippen LogP contribution in [0.1, 0.15) is 45.1 Å². The molecule has 1 aliphatic heterocycles. The molecule has 174 valence electrons. The van der Waals surface area contributed by atoms with Gasteiger partial charge in [-0.15, -0.1) is 0 Å². The van der Waals surface area contributed by atoms with Crippen LogP contribution in [0.2, 0.25) is 0 Å². The highest BCUT2D eigenvalue weighted by Crippen LogP contribution is 2.21. The van der Waals surface area contributed by atoms with E-state index in [-0.39, 0.29) is 30.8 Å². The Balaban J connectivity index is 2.39. The van der Waals surface area contributed by atoms with E-state index in [1.54, 1.807) is 0 Å². The largest absolute Gasteiger partial charge is 0.504 e. The normalized spacial score (nSPS) is 17.4. The molecule has 0 fully saturated rings. The Morgan fingerprint density at radius 3 is 2.62 bits per heavy atom. The molecule has 0 spiro atoms. The Labute approximate surface area is 185 Å². The Morgan fingerprint density at radius 1 is 1.22 bits per heavy atom. The standard InChI is InChI=1S/C22H28F2N4O4/c1-3-5-6-16-19(29)20(30)17(12-26-27-13-28(9-4-2)22(16)32)21(31)25-11-14-7-8-15(23)10-18(14)24/h7-8,10,12,27,29-30H,3-6,9,11,13H2,1-2H3,(H,25,31)/b19-16-,20-17?,26-12?. The Bertz CT molecular complexity index is 944. The first-order valence-electron chi connectivity index (χ1n) is 10.4. The van der Waals surface area contributed by atoms with E-state index >= 15 is 0 Å². The molecule has 0 saturated carbocycles. The Hall–Kier alpha value is -3.43. The molecule has 1 aromatic carbocycles. The van der Waals surface area contributed by atoms with Crippen molar-refractivity contribution >= 4 is 18.0 Å². The number of unbranched alkanes of at least 4 members (excludes halogenated alkanes) is 1. The van der Waals surface area contributed by atoms with Crippen LogP contribution in [0.4, 0.5) is 8.78 Å². The average molecular weight is 450 g/mol. The number of hydrazone groups is 1. The lowest BCUT2D eigenvalue weighted by Gasteiger charge is -2.24. The van der Waals surface area contributed by atoms with E-state index < -0.39 is 40.5 Å². The lowest BCUT2D eigenvalue weighted by atomic mass is 10.0. The zero-order valence-corrected chi connectivity index (χ0v) is 18.1. The molecule has 0 saturated heterocycles. The summed E-state index contributed by atoms with van der Waals surface area (Å²) in [5.74, 6) is -4.43. The molecule has 0 atom stereocenters. The molecule has 4 N–H and O–H groups in total. The first-order chi connectivity index (χ1) is 15.3. The van der Waals surface area contributed by atoms with Crippen LogP contribution in [0.25, 0.3) is 0 Å². The van der Waals surface area contributed by atoms with Gasteiger partial charge in [-0.3, -0.25) is 15.0 Å². The lowest BCUT2D eigenvalue weighted by Crippen LogP contribution is -2.40. The van der Waals surface area contributed by atoms with Crippen LogP contribution >= 0.6 is 0 Å². The van der Waals surface area contributed by atoms with Gasteiger partial charge in [-0.1, -0.05) is 26.3 Å². The third-order valence-electron chi connectivity index (χ3n) is 4.83. The number of aliphatic hydroxyl groups is 2. The van der Waals surface area contributed by atoms with Crippen LogP contribution in [0, 0.1) is 11.6 Å². The second-order valence-electron chi connectivity index (χ2n) is 7.25. The fourth-order valence-electron chi connectivity index (χ4n) is 3.06. The first-order valence-corrected chi connectivity index (χ1v) is 10.4. The SMILES string of the molecule is CCCC/C1=C(/O)C(O)=C(C(=O)NCc2ccc(F)cc2F)C=NNCN(CCC)C1=O. The van der Waals surface area contributed by atoms with Gasteiger partial charge >= 0.3 is 0 Å². The van der Waals surface area contributed by atoms with Crippen LogP contribution in [0.15, 0.2) is 46.0 Å². The monoisotopic (exact) mass is 450 g/mol. The van der Waals surface area contributed by atoms with Gasteiger partial charge in [-0.2, -0.15) is 5.10 Å². The van der Waals surface area contributed by atoms with Gasteiger partial charge < -0.3 is 20.4 Å². The third-order valence-corrected chi connectivity index (χ3v) is 4.83. The number of nitrogens with zero attached hydrogens (tertiary/aromatic N) is 2. The van der Waals surface area contributed by atoms with Crippen LogP contribution in [-0.2, 0) is 16.1 Å². The molecule has 2 amide bonds. The van der Waals surface area contributed by atoms with E-state index in [9.17, 15) is 28.6 Å². The van der Waals surface area contributed by atoms with Crippen molar-refractivity contribution in [2.24, 2.45) is 5.10 Å². The van der Waals surface area contributed by atoms with Crippen molar-refractivity contribution in [2.45, 2.75) is 46.1 Å². The highest BCUT2D eigenvalue weighted by atomic mass is 19.1. The van der Waals surface area contributed by atoms with Crippen molar-refractivity contribution in [3.05, 3.63) is 58.1 Å². The molecule has 2 rings (SSSR count). The zero-order valence-electron chi connectivity index (χ0n) is 18.1. The molecule has 0 bridgehead atoms. The van der Waals surface area contributed by atoms with Gasteiger partial charge in [-0.05, 0) is 25.3 Å². The number of rotatable bonds is 8. The number of carbonyl (C=O) groups is 2. The maximum atomic E-state index is 13.8. The fraction of sp³-hybridized carbons (Fsp3) is 0.409. The molecule has 0 aromatic heterocycles. The van der Waals surface area contributed by atoms with Gasteiger partial charge in [0, 0.05) is 24.7 Å². The quantitative estimate of drug-likeness (QED) is 0.486. The third kappa shape index (κ3) is 6.29. The van der Waals surface area contributed by atoms with Crippen molar-refractivity contribution in [2.75, 3.05) is 13.2 Å². The van der Waals surface area contributed by atoms with Gasteiger partial charge in [0.1, 0.15) is 23.9 Å². The van der Waals surface area contributed by atoms with E-state index in [1.165, 1.54) is 11.0 Å². The van der Waals surface area contributed by atoms with E-state index in [1.807, 2.05) is 13.8 Å². The van der Waals surface area contributed by atoms with Gasteiger partial charge in [0.2, 0.25) is 0 Å². The minimum absolute atomic E-state index is 0.00946. The smallest absolute Gasteiger partial charge is 0.257 e. The maximum absolute atomic E-state index is 13.8. The maximum Gasteiger partial charge on any atom is 0.257 e. The van der Waals surface area contributed by atoms with Gasteiger partial charge in [0.25, 0.3) is 11.8 Å². The van der Waals surface area contributed by atoms with Crippen LogP contribution in [-0.4, -0.2) is 46.4 Å². The molecule has 8 nitrogen and oxygen atoms in total. The molecule has 1 heterocycles. The number of carbonyl (C=O) groups excluding carboxylic acids is 2. The second-order valence-corrected chi connectivity index (χ2v) is 7.25. The Morgan fingerprint density at radius 2 is 1.97 bits per heavy atom. The van der Waals surface area contributed by atoms with Gasteiger partial charge in [0.05, 0.1) is 11.8 Å². The molecule has 0 unspecified atom stereocenters. The Kier molecular flexibility index (Phi) is 9.18. The number of benzene rings is 1. The molecule has 1 aromatic rings. The minimum atomic E-state index is -0.864. The van der Waals surface area contributed by atoms with Gasteiger partial charge in [-0.25, -0.2) is 8.78 Å². The van der Waals surface area contributed by atoms with Crippen molar-refractivity contribution < 1.29 is 28.6 Å². The van der Waals surface area contributed by atoms with Crippen LogP contribution in [0.5, 0.6) is 0 Å². The summed E-state index contributed by atoms with van der Waals surface area (Å²) in [6.07, 6.45) is 3.23. The minimum Gasteiger partial charge on any atom is -0.504 e. The average Bonchev–Trinajstić information content (AvgIpc) is 2.76. The summed E-state index contributed by atoms with van der Waals surface area (Å²) < 4.78 is 26.9. The number of hydrogen-bond donors (Lipinski definition) is 4. The van der Waals surface area contributed by atoms with Crippen LogP contribution in [0.3, 0.4) is 0 Å². The summed E-state index contributed by atoms with van der Waals surface area (Å²) in [6, 6.07) is 2.93. The number of aliphatic hydroxyl groups excluding tert-OH is 2. The van der Waals surface area contributed by atoms with Gasteiger partial charge in [0.15, 0.2) is 11.5 Å². The van der Waals surface area contributed by atoms with E-state index in [4.69, 9.17) is 0 Å². The van der Waals surface area contributed by atoms with E-state index in [2.05, 4.69) is 15.8 Å². The zero-order chi connectivity index (χ0) is 23.7. The van der Waals surface area contributed by atoms with Crippen molar-refractivity contribution in [3.8, 4) is 0 Å². The van der Waals surface area contributed by atoms with E-state index in [0.29, 0.717) is 25.5 Å². The van der Waals surface area contributed by atoms with Crippen molar-refractivity contribution in [1.29, 1.82) is 0 Å². The molecule has 32 heavy (non-hydrogen) atoms. The summed E-state index contributed by atoms with van der Waals surface area (Å²) in [7, 11) is 0. The molecule has 10 heteroatoms. The summed E-state index contributed by atoms with van der Waals surface area (Å²) in [4.78, 5) is 27.1. The molecule has 0 aliphatic carbocycles.